The molecule has 0 atom stereocenters. The average molecular weight is 321 g/mol. The third kappa shape index (κ3) is 3.20. The smallest absolute Gasteiger partial charge is 0.258 e. The minimum absolute atomic E-state index is 0.0209. The maximum Gasteiger partial charge on any atom is 0.258 e. The van der Waals surface area contributed by atoms with Crippen LogP contribution in [0.4, 0.5) is 0 Å². The van der Waals surface area contributed by atoms with Gasteiger partial charge in [0.1, 0.15) is 17.6 Å². The van der Waals surface area contributed by atoms with Crippen molar-refractivity contribution in [3.05, 3.63) is 48.0 Å². The van der Waals surface area contributed by atoms with Crippen molar-refractivity contribution >= 4 is 0 Å². The predicted octanol–water partition coefficient (Wildman–Crippen LogP) is 3.77. The molecule has 0 fully saturated rings. The van der Waals surface area contributed by atoms with Crippen LogP contribution in [0.1, 0.15) is 19.4 Å². The maximum absolute atomic E-state index is 9.33. The Morgan fingerprint density at radius 3 is 2.50 bits per heavy atom. The molecule has 0 radical (unpaired) electrons. The first-order valence-electron chi connectivity index (χ1n) is 7.41. The van der Waals surface area contributed by atoms with Gasteiger partial charge in [0.25, 0.3) is 5.89 Å². The highest BCUT2D eigenvalue weighted by Crippen LogP contribution is 2.28. The molecule has 0 unspecified atom stereocenters. The van der Waals surface area contributed by atoms with E-state index in [-0.39, 0.29) is 11.9 Å². The highest BCUT2D eigenvalue weighted by atomic mass is 16.5. The van der Waals surface area contributed by atoms with Crippen LogP contribution in [0.25, 0.3) is 22.8 Å². The van der Waals surface area contributed by atoms with Gasteiger partial charge in [0.2, 0.25) is 5.82 Å². The molecule has 3 rings (SSSR count). The fraction of sp³-hybridized carbons (Fsp3) is 0.167. The molecule has 1 heterocycles. The number of aromatic hydroxyl groups is 1. The molecule has 0 amide bonds. The van der Waals surface area contributed by atoms with E-state index >= 15 is 0 Å². The lowest BCUT2D eigenvalue weighted by molar-refractivity contribution is 0.241. The monoisotopic (exact) mass is 321 g/mol. The number of hydrogen-bond acceptors (Lipinski definition) is 6. The standard InChI is InChI=1S/C18H15N3O3/c1-11(2)23-16-8-5-13(9-14(16)10-19)18-20-17(21-24-18)12-3-6-15(22)7-4-12/h3-9,11,22H,1-2H3. The zero-order valence-electron chi connectivity index (χ0n) is 13.2. The van der Waals surface area contributed by atoms with Crippen molar-refractivity contribution in [2.24, 2.45) is 0 Å². The summed E-state index contributed by atoms with van der Waals surface area (Å²) in [4.78, 5) is 4.34. The van der Waals surface area contributed by atoms with Gasteiger partial charge in [-0.2, -0.15) is 10.2 Å². The molecule has 6 nitrogen and oxygen atoms in total. The number of hydrogen-bond donors (Lipinski definition) is 1. The Balaban J connectivity index is 1.93. The molecule has 0 saturated carbocycles. The second-order valence-corrected chi connectivity index (χ2v) is 5.46. The van der Waals surface area contributed by atoms with Gasteiger partial charge in [0.15, 0.2) is 0 Å². The quantitative estimate of drug-likeness (QED) is 0.786. The molecule has 6 heteroatoms. The number of ether oxygens (including phenoxy) is 1. The van der Waals surface area contributed by atoms with E-state index in [0.29, 0.717) is 28.6 Å². The number of aromatic nitrogens is 2. The zero-order valence-corrected chi connectivity index (χ0v) is 13.2. The summed E-state index contributed by atoms with van der Waals surface area (Å²) >= 11 is 0. The first-order valence-corrected chi connectivity index (χ1v) is 7.41. The molecule has 1 aromatic heterocycles. The van der Waals surface area contributed by atoms with Crippen LogP contribution in [-0.2, 0) is 0 Å². The van der Waals surface area contributed by atoms with Gasteiger partial charge in [-0.15, -0.1) is 0 Å². The van der Waals surface area contributed by atoms with Gasteiger partial charge >= 0.3 is 0 Å². The van der Waals surface area contributed by atoms with Gasteiger partial charge in [0, 0.05) is 11.1 Å². The summed E-state index contributed by atoms with van der Waals surface area (Å²) in [5, 5.41) is 22.6. The SMILES string of the molecule is CC(C)Oc1ccc(-c2nc(-c3ccc(O)cc3)no2)cc1C#N. The molecular formula is C18H15N3O3. The van der Waals surface area contributed by atoms with E-state index in [9.17, 15) is 10.4 Å². The van der Waals surface area contributed by atoms with E-state index in [1.165, 1.54) is 0 Å². The minimum atomic E-state index is -0.0209. The Morgan fingerprint density at radius 2 is 1.83 bits per heavy atom. The zero-order chi connectivity index (χ0) is 17.1. The van der Waals surface area contributed by atoms with Crippen LogP contribution in [0.5, 0.6) is 11.5 Å². The first-order chi connectivity index (χ1) is 11.6. The van der Waals surface area contributed by atoms with E-state index in [4.69, 9.17) is 9.26 Å². The van der Waals surface area contributed by atoms with Gasteiger partial charge in [-0.3, -0.25) is 0 Å². The Morgan fingerprint density at radius 1 is 1.12 bits per heavy atom. The Bertz CT molecular complexity index is 893. The number of nitrogens with zero attached hydrogens (tertiary/aromatic N) is 3. The van der Waals surface area contributed by atoms with Crippen molar-refractivity contribution in [3.63, 3.8) is 0 Å². The molecule has 0 aliphatic heterocycles. The van der Waals surface area contributed by atoms with Crippen molar-refractivity contribution in [1.29, 1.82) is 5.26 Å². The summed E-state index contributed by atoms with van der Waals surface area (Å²) in [5.41, 5.74) is 1.77. The molecule has 0 aliphatic carbocycles. The van der Waals surface area contributed by atoms with Crippen LogP contribution in [0.3, 0.4) is 0 Å². The highest BCUT2D eigenvalue weighted by molar-refractivity contribution is 5.63. The van der Waals surface area contributed by atoms with E-state index in [1.54, 1.807) is 42.5 Å². The van der Waals surface area contributed by atoms with Crippen LogP contribution < -0.4 is 4.74 Å². The topological polar surface area (TPSA) is 92.2 Å². The Kier molecular flexibility index (Phi) is 4.17. The summed E-state index contributed by atoms with van der Waals surface area (Å²) in [6, 6.07) is 13.8. The summed E-state index contributed by atoms with van der Waals surface area (Å²) in [5.74, 6) is 1.41. The van der Waals surface area contributed by atoms with Crippen LogP contribution in [0.15, 0.2) is 47.0 Å². The Labute approximate surface area is 138 Å². The minimum Gasteiger partial charge on any atom is -0.508 e. The first kappa shape index (κ1) is 15.6. The second-order valence-electron chi connectivity index (χ2n) is 5.46. The van der Waals surface area contributed by atoms with Crippen molar-refractivity contribution < 1.29 is 14.4 Å². The summed E-state index contributed by atoms with van der Waals surface area (Å²) in [6.07, 6.45) is -0.0209. The van der Waals surface area contributed by atoms with E-state index < -0.39 is 0 Å². The summed E-state index contributed by atoms with van der Waals surface area (Å²) in [7, 11) is 0. The van der Waals surface area contributed by atoms with E-state index in [1.807, 2.05) is 13.8 Å². The molecule has 0 aliphatic rings. The second kappa shape index (κ2) is 6.42. The van der Waals surface area contributed by atoms with E-state index in [2.05, 4.69) is 16.2 Å². The van der Waals surface area contributed by atoms with Crippen LogP contribution >= 0.6 is 0 Å². The molecule has 3 aromatic rings. The van der Waals surface area contributed by atoms with Crippen LogP contribution in [-0.4, -0.2) is 21.4 Å². The maximum atomic E-state index is 9.33. The lowest BCUT2D eigenvalue weighted by Gasteiger charge is -2.11. The third-order valence-electron chi connectivity index (χ3n) is 3.26. The number of phenols is 1. The van der Waals surface area contributed by atoms with Crippen molar-refractivity contribution in [1.82, 2.24) is 10.1 Å². The van der Waals surface area contributed by atoms with Gasteiger partial charge in [0.05, 0.1) is 11.7 Å². The van der Waals surface area contributed by atoms with Gasteiger partial charge in [-0.25, -0.2) is 0 Å². The molecular weight excluding hydrogens is 306 g/mol. The van der Waals surface area contributed by atoms with Crippen molar-refractivity contribution in [2.45, 2.75) is 20.0 Å². The van der Waals surface area contributed by atoms with Crippen LogP contribution in [0.2, 0.25) is 0 Å². The molecule has 24 heavy (non-hydrogen) atoms. The molecule has 0 bridgehead atoms. The third-order valence-corrected chi connectivity index (χ3v) is 3.26. The van der Waals surface area contributed by atoms with Crippen molar-refractivity contribution in [3.8, 4) is 40.4 Å². The van der Waals surface area contributed by atoms with Crippen LogP contribution in [0, 0.1) is 11.3 Å². The lowest BCUT2D eigenvalue weighted by atomic mass is 10.1. The predicted molar refractivity (Wildman–Crippen MR) is 87.3 cm³/mol. The number of rotatable bonds is 4. The van der Waals surface area contributed by atoms with Gasteiger partial charge in [-0.1, -0.05) is 5.16 Å². The normalized spacial score (nSPS) is 10.6. The molecule has 120 valence electrons. The molecule has 1 N–H and O–H groups in total. The highest BCUT2D eigenvalue weighted by Gasteiger charge is 2.14. The van der Waals surface area contributed by atoms with Gasteiger partial charge < -0.3 is 14.4 Å². The molecule has 0 spiro atoms. The Hall–Kier alpha value is -3.33. The van der Waals surface area contributed by atoms with Crippen molar-refractivity contribution in [2.75, 3.05) is 0 Å². The number of benzene rings is 2. The number of phenolic OH excluding ortho intramolecular Hbond substituents is 1. The average Bonchev–Trinajstić information content (AvgIpc) is 3.05. The fourth-order valence-electron chi connectivity index (χ4n) is 2.18. The lowest BCUT2D eigenvalue weighted by Crippen LogP contribution is -2.06. The number of nitriles is 1. The van der Waals surface area contributed by atoms with Gasteiger partial charge in [-0.05, 0) is 56.3 Å². The molecule has 0 saturated heterocycles. The van der Waals surface area contributed by atoms with E-state index in [0.717, 1.165) is 5.56 Å². The summed E-state index contributed by atoms with van der Waals surface area (Å²) in [6.45, 7) is 3.80. The molecule has 2 aromatic carbocycles. The largest absolute Gasteiger partial charge is 0.508 e. The summed E-state index contributed by atoms with van der Waals surface area (Å²) < 4.78 is 10.9. The fourth-order valence-corrected chi connectivity index (χ4v) is 2.18.